The number of nitrogens with zero attached hydrogens (tertiary/aromatic N) is 3. The van der Waals surface area contributed by atoms with E-state index in [1.54, 1.807) is 19.1 Å². The maximum Gasteiger partial charge on any atom is 0.272 e. The van der Waals surface area contributed by atoms with E-state index in [4.69, 9.17) is 11.6 Å². The number of carbonyl (C=O) groups excluding carboxylic acids is 1. The Hall–Kier alpha value is -2.14. The van der Waals surface area contributed by atoms with Crippen LogP contribution in [0.4, 0.5) is 11.5 Å². The van der Waals surface area contributed by atoms with Gasteiger partial charge in [-0.1, -0.05) is 30.7 Å². The predicted molar refractivity (Wildman–Crippen MR) is 95.8 cm³/mol. The molecule has 1 aromatic carbocycles. The lowest BCUT2D eigenvalue weighted by molar-refractivity contribution is 0.0676. The van der Waals surface area contributed by atoms with E-state index >= 15 is 0 Å². The summed E-state index contributed by atoms with van der Waals surface area (Å²) in [6.45, 7) is 5.54. The molecule has 5 nitrogen and oxygen atoms in total. The SMILES string of the molecule is Cc1nc(Nc2ccccc2Cl)cc(C(=O)N2CCCC(C)C2)n1. The molecular formula is C18H21ClN4O. The van der Waals surface area contributed by atoms with Crippen molar-refractivity contribution in [3.8, 4) is 0 Å². The number of aromatic nitrogens is 2. The molecule has 1 unspecified atom stereocenters. The smallest absolute Gasteiger partial charge is 0.272 e. The fourth-order valence-electron chi connectivity index (χ4n) is 2.98. The number of amides is 1. The molecule has 0 bridgehead atoms. The average Bonchev–Trinajstić information content (AvgIpc) is 2.56. The maximum atomic E-state index is 12.8. The Morgan fingerprint density at radius 2 is 2.12 bits per heavy atom. The Labute approximate surface area is 147 Å². The van der Waals surface area contributed by atoms with E-state index < -0.39 is 0 Å². The lowest BCUT2D eigenvalue weighted by Crippen LogP contribution is -2.39. The molecule has 0 radical (unpaired) electrons. The molecule has 0 spiro atoms. The fraction of sp³-hybridized carbons (Fsp3) is 0.389. The molecule has 2 aromatic rings. The number of benzene rings is 1. The van der Waals surface area contributed by atoms with E-state index in [2.05, 4.69) is 22.2 Å². The standard InChI is InChI=1S/C18H21ClN4O/c1-12-6-5-9-23(11-12)18(24)16-10-17(21-13(2)20-16)22-15-8-4-3-7-14(15)19/h3-4,7-8,10,12H,5-6,9,11H2,1-2H3,(H,20,21,22). The van der Waals surface area contributed by atoms with Crippen LogP contribution >= 0.6 is 11.6 Å². The Morgan fingerprint density at radius 3 is 2.88 bits per heavy atom. The van der Waals surface area contributed by atoms with E-state index in [1.807, 2.05) is 23.1 Å². The number of anilines is 2. The second-order valence-electron chi connectivity index (χ2n) is 6.29. The molecule has 126 valence electrons. The van der Waals surface area contributed by atoms with Gasteiger partial charge in [0.05, 0.1) is 10.7 Å². The predicted octanol–water partition coefficient (Wildman–Crippen LogP) is 4.05. The first-order valence-electron chi connectivity index (χ1n) is 8.19. The van der Waals surface area contributed by atoms with Crippen molar-refractivity contribution in [1.29, 1.82) is 0 Å². The molecule has 1 N–H and O–H groups in total. The third-order valence-electron chi connectivity index (χ3n) is 4.14. The van der Waals surface area contributed by atoms with Crippen molar-refractivity contribution < 1.29 is 4.79 Å². The number of likely N-dealkylation sites (tertiary alicyclic amines) is 1. The Morgan fingerprint density at radius 1 is 1.33 bits per heavy atom. The van der Waals surface area contributed by atoms with Gasteiger partial charge in [-0.2, -0.15) is 0 Å². The van der Waals surface area contributed by atoms with E-state index in [0.29, 0.717) is 28.3 Å². The van der Waals surface area contributed by atoms with E-state index in [0.717, 1.165) is 25.2 Å². The van der Waals surface area contributed by atoms with Crippen molar-refractivity contribution in [1.82, 2.24) is 14.9 Å². The minimum atomic E-state index is -0.0331. The number of para-hydroxylation sites is 1. The molecule has 1 amide bonds. The summed E-state index contributed by atoms with van der Waals surface area (Å²) >= 11 is 6.17. The highest BCUT2D eigenvalue weighted by Crippen LogP contribution is 2.25. The van der Waals surface area contributed by atoms with Crippen molar-refractivity contribution in [3.63, 3.8) is 0 Å². The normalized spacial score (nSPS) is 17.6. The third-order valence-corrected chi connectivity index (χ3v) is 4.47. The van der Waals surface area contributed by atoms with Gasteiger partial charge in [0.1, 0.15) is 17.3 Å². The molecule has 1 aliphatic rings. The van der Waals surface area contributed by atoms with E-state index in [1.165, 1.54) is 6.42 Å². The van der Waals surface area contributed by atoms with Crippen LogP contribution in [0.15, 0.2) is 30.3 Å². The van der Waals surface area contributed by atoms with Gasteiger partial charge in [0, 0.05) is 19.2 Å². The zero-order chi connectivity index (χ0) is 17.1. The van der Waals surface area contributed by atoms with Gasteiger partial charge >= 0.3 is 0 Å². The van der Waals surface area contributed by atoms with Crippen LogP contribution in [0, 0.1) is 12.8 Å². The van der Waals surface area contributed by atoms with Gasteiger partial charge in [0.15, 0.2) is 0 Å². The molecule has 1 fully saturated rings. The maximum absolute atomic E-state index is 12.8. The van der Waals surface area contributed by atoms with E-state index in [9.17, 15) is 4.79 Å². The van der Waals surface area contributed by atoms with Gasteiger partial charge < -0.3 is 10.2 Å². The molecule has 0 aliphatic carbocycles. The van der Waals surface area contributed by atoms with Gasteiger partial charge in [-0.3, -0.25) is 4.79 Å². The monoisotopic (exact) mass is 344 g/mol. The average molecular weight is 345 g/mol. The van der Waals surface area contributed by atoms with Crippen molar-refractivity contribution in [2.75, 3.05) is 18.4 Å². The topological polar surface area (TPSA) is 58.1 Å². The van der Waals surface area contributed by atoms with Crippen molar-refractivity contribution in [2.45, 2.75) is 26.7 Å². The summed E-state index contributed by atoms with van der Waals surface area (Å²) in [5, 5.41) is 3.77. The van der Waals surface area contributed by atoms with Gasteiger partial charge in [0.25, 0.3) is 5.91 Å². The largest absolute Gasteiger partial charge is 0.339 e. The first kappa shape index (κ1) is 16.7. The van der Waals surface area contributed by atoms with Gasteiger partial charge in [-0.05, 0) is 37.8 Å². The first-order valence-corrected chi connectivity index (χ1v) is 8.57. The molecule has 6 heteroatoms. The highest BCUT2D eigenvalue weighted by molar-refractivity contribution is 6.33. The Bertz CT molecular complexity index is 750. The van der Waals surface area contributed by atoms with Crippen LogP contribution in [0.1, 0.15) is 36.1 Å². The first-order chi connectivity index (χ1) is 11.5. The van der Waals surface area contributed by atoms with Gasteiger partial charge in [0.2, 0.25) is 0 Å². The third kappa shape index (κ3) is 3.85. The van der Waals surface area contributed by atoms with Crippen LogP contribution in [0.3, 0.4) is 0 Å². The van der Waals surface area contributed by atoms with Crippen LogP contribution < -0.4 is 5.32 Å². The summed E-state index contributed by atoms with van der Waals surface area (Å²) in [5.41, 5.74) is 1.17. The number of hydrogen-bond donors (Lipinski definition) is 1. The van der Waals surface area contributed by atoms with Crippen molar-refractivity contribution >= 4 is 29.0 Å². The molecule has 1 atom stereocenters. The second-order valence-corrected chi connectivity index (χ2v) is 6.70. The highest BCUT2D eigenvalue weighted by atomic mass is 35.5. The van der Waals surface area contributed by atoms with Crippen LogP contribution in [-0.2, 0) is 0 Å². The summed E-state index contributed by atoms with van der Waals surface area (Å²) < 4.78 is 0. The minimum absolute atomic E-state index is 0.0331. The highest BCUT2D eigenvalue weighted by Gasteiger charge is 2.23. The summed E-state index contributed by atoms with van der Waals surface area (Å²) in [6.07, 6.45) is 2.22. The van der Waals surface area contributed by atoms with Crippen LogP contribution in [0.5, 0.6) is 0 Å². The fourth-order valence-corrected chi connectivity index (χ4v) is 3.16. The van der Waals surface area contributed by atoms with Crippen LogP contribution in [0.2, 0.25) is 5.02 Å². The minimum Gasteiger partial charge on any atom is -0.339 e. The lowest BCUT2D eigenvalue weighted by Gasteiger charge is -2.30. The molecule has 3 rings (SSSR count). The lowest BCUT2D eigenvalue weighted by atomic mass is 10.00. The van der Waals surface area contributed by atoms with Gasteiger partial charge in [-0.25, -0.2) is 9.97 Å². The number of hydrogen-bond acceptors (Lipinski definition) is 4. The Kier molecular flexibility index (Phi) is 5.00. The van der Waals surface area contributed by atoms with Crippen LogP contribution in [-0.4, -0.2) is 33.9 Å². The second kappa shape index (κ2) is 7.18. The molecular weight excluding hydrogens is 324 g/mol. The molecule has 0 saturated carbocycles. The summed E-state index contributed by atoms with van der Waals surface area (Å²) in [5.74, 6) is 1.63. The summed E-state index contributed by atoms with van der Waals surface area (Å²) in [7, 11) is 0. The number of piperidine rings is 1. The molecule has 1 aromatic heterocycles. The zero-order valence-corrected chi connectivity index (χ0v) is 14.7. The van der Waals surface area contributed by atoms with Crippen molar-refractivity contribution in [3.05, 3.63) is 46.9 Å². The molecule has 1 saturated heterocycles. The van der Waals surface area contributed by atoms with Gasteiger partial charge in [-0.15, -0.1) is 0 Å². The number of halogens is 1. The summed E-state index contributed by atoms with van der Waals surface area (Å²) in [6, 6.07) is 9.12. The Balaban J connectivity index is 1.83. The number of carbonyl (C=O) groups is 1. The number of aryl methyl sites for hydroxylation is 1. The number of rotatable bonds is 3. The zero-order valence-electron chi connectivity index (χ0n) is 13.9. The van der Waals surface area contributed by atoms with Crippen molar-refractivity contribution in [2.24, 2.45) is 5.92 Å². The van der Waals surface area contributed by atoms with Crippen LogP contribution in [0.25, 0.3) is 0 Å². The van der Waals surface area contributed by atoms with E-state index in [-0.39, 0.29) is 5.91 Å². The molecule has 2 heterocycles. The number of nitrogens with one attached hydrogen (secondary N) is 1. The molecule has 1 aliphatic heterocycles. The summed E-state index contributed by atoms with van der Waals surface area (Å²) in [4.78, 5) is 23.3. The quantitative estimate of drug-likeness (QED) is 0.912. The molecule has 24 heavy (non-hydrogen) atoms.